The molecule has 17 heavy (non-hydrogen) atoms. The number of benzene rings is 1. The molecular formula is C15H19NO. The fraction of sp³-hybridized carbons (Fsp3) is 0.533. The maximum absolute atomic E-state index is 12.1. The van der Waals surface area contributed by atoms with Crippen LogP contribution in [0.3, 0.4) is 0 Å². The summed E-state index contributed by atoms with van der Waals surface area (Å²) >= 11 is 0. The lowest BCUT2D eigenvalue weighted by molar-refractivity contribution is -0.117. The highest BCUT2D eigenvalue weighted by Gasteiger charge is 2.34. The molecule has 2 nitrogen and oxygen atoms in total. The Morgan fingerprint density at radius 3 is 2.71 bits per heavy atom. The highest BCUT2D eigenvalue weighted by Crippen LogP contribution is 2.42. The Balaban J connectivity index is 1.94. The Kier molecular flexibility index (Phi) is 2.46. The summed E-state index contributed by atoms with van der Waals surface area (Å²) in [5.41, 5.74) is 4.77. The SMILES string of the molecule is Cc1cc(C)c2c(c1)C(CC1CCC1)C(=O)N2. The van der Waals surface area contributed by atoms with Gasteiger partial charge in [-0.25, -0.2) is 0 Å². The lowest BCUT2D eigenvalue weighted by Gasteiger charge is -2.27. The minimum absolute atomic E-state index is 0.105. The lowest BCUT2D eigenvalue weighted by atomic mass is 9.77. The van der Waals surface area contributed by atoms with Gasteiger partial charge in [0.2, 0.25) is 5.91 Å². The molecule has 0 spiro atoms. The highest BCUT2D eigenvalue weighted by atomic mass is 16.2. The van der Waals surface area contributed by atoms with Gasteiger partial charge in [0.05, 0.1) is 5.92 Å². The van der Waals surface area contributed by atoms with Gasteiger partial charge in [0.1, 0.15) is 0 Å². The van der Waals surface area contributed by atoms with Crippen LogP contribution in [0.25, 0.3) is 0 Å². The van der Waals surface area contributed by atoms with Crippen molar-refractivity contribution < 1.29 is 4.79 Å². The Morgan fingerprint density at radius 1 is 1.29 bits per heavy atom. The van der Waals surface area contributed by atoms with Crippen molar-refractivity contribution in [2.75, 3.05) is 5.32 Å². The van der Waals surface area contributed by atoms with Crippen molar-refractivity contribution in [2.24, 2.45) is 5.92 Å². The number of amides is 1. The van der Waals surface area contributed by atoms with E-state index in [1.54, 1.807) is 0 Å². The number of rotatable bonds is 2. The van der Waals surface area contributed by atoms with E-state index in [4.69, 9.17) is 0 Å². The molecule has 1 N–H and O–H groups in total. The smallest absolute Gasteiger partial charge is 0.232 e. The molecule has 0 saturated heterocycles. The van der Waals surface area contributed by atoms with Crippen molar-refractivity contribution in [3.05, 3.63) is 28.8 Å². The van der Waals surface area contributed by atoms with Crippen LogP contribution < -0.4 is 5.32 Å². The van der Waals surface area contributed by atoms with Crippen molar-refractivity contribution in [3.8, 4) is 0 Å². The first-order chi connectivity index (χ1) is 8.15. The lowest BCUT2D eigenvalue weighted by Crippen LogP contribution is -2.19. The number of nitrogens with one attached hydrogen (secondary N) is 1. The molecule has 2 aliphatic rings. The number of aryl methyl sites for hydroxylation is 2. The topological polar surface area (TPSA) is 29.1 Å². The molecule has 1 unspecified atom stereocenters. The minimum atomic E-state index is 0.105. The molecule has 1 aliphatic heterocycles. The van der Waals surface area contributed by atoms with E-state index in [1.807, 2.05) is 0 Å². The molecule has 0 radical (unpaired) electrons. The van der Waals surface area contributed by atoms with Gasteiger partial charge in [-0.05, 0) is 37.3 Å². The van der Waals surface area contributed by atoms with Gasteiger partial charge >= 0.3 is 0 Å². The van der Waals surface area contributed by atoms with Crippen molar-refractivity contribution in [3.63, 3.8) is 0 Å². The summed E-state index contributed by atoms with van der Waals surface area (Å²) in [4.78, 5) is 12.1. The Bertz CT molecular complexity index is 474. The molecule has 3 rings (SSSR count). The number of hydrogen-bond acceptors (Lipinski definition) is 1. The summed E-state index contributed by atoms with van der Waals surface area (Å²) in [6, 6.07) is 4.33. The first-order valence-electron chi connectivity index (χ1n) is 6.57. The van der Waals surface area contributed by atoms with E-state index in [-0.39, 0.29) is 11.8 Å². The Labute approximate surface area is 102 Å². The summed E-state index contributed by atoms with van der Waals surface area (Å²) in [5, 5.41) is 3.06. The van der Waals surface area contributed by atoms with Crippen LogP contribution in [0, 0.1) is 19.8 Å². The van der Waals surface area contributed by atoms with E-state index < -0.39 is 0 Å². The number of hydrogen-bond donors (Lipinski definition) is 1. The number of anilines is 1. The molecule has 0 bridgehead atoms. The van der Waals surface area contributed by atoms with Gasteiger partial charge in [0, 0.05) is 5.69 Å². The average molecular weight is 229 g/mol. The Hall–Kier alpha value is -1.31. The molecule has 1 atom stereocenters. The first kappa shape index (κ1) is 10.8. The van der Waals surface area contributed by atoms with Gasteiger partial charge in [-0.3, -0.25) is 4.79 Å². The van der Waals surface area contributed by atoms with E-state index in [0.29, 0.717) is 0 Å². The maximum atomic E-state index is 12.1. The van der Waals surface area contributed by atoms with Crippen molar-refractivity contribution in [2.45, 2.75) is 45.4 Å². The number of carbonyl (C=O) groups excluding carboxylic acids is 1. The Morgan fingerprint density at radius 2 is 2.06 bits per heavy atom. The molecule has 1 saturated carbocycles. The van der Waals surface area contributed by atoms with Crippen LogP contribution in [0.2, 0.25) is 0 Å². The van der Waals surface area contributed by atoms with Gasteiger partial charge in [-0.15, -0.1) is 0 Å². The monoisotopic (exact) mass is 229 g/mol. The van der Waals surface area contributed by atoms with Gasteiger partial charge in [-0.1, -0.05) is 37.0 Å². The second kappa shape index (κ2) is 3.86. The second-order valence-electron chi connectivity index (χ2n) is 5.62. The summed E-state index contributed by atoms with van der Waals surface area (Å²) in [6.07, 6.45) is 5.01. The molecule has 0 aromatic heterocycles. The van der Waals surface area contributed by atoms with Gasteiger partial charge < -0.3 is 5.32 Å². The van der Waals surface area contributed by atoms with E-state index in [1.165, 1.54) is 36.0 Å². The molecular weight excluding hydrogens is 210 g/mol. The summed E-state index contributed by atoms with van der Waals surface area (Å²) in [6.45, 7) is 4.19. The van der Waals surface area contributed by atoms with Crippen LogP contribution in [0.1, 0.15) is 48.3 Å². The summed E-state index contributed by atoms with van der Waals surface area (Å²) < 4.78 is 0. The quantitative estimate of drug-likeness (QED) is 0.825. The zero-order chi connectivity index (χ0) is 12.0. The molecule has 1 aromatic rings. The largest absolute Gasteiger partial charge is 0.325 e. The molecule has 1 heterocycles. The predicted molar refractivity (Wildman–Crippen MR) is 69.2 cm³/mol. The van der Waals surface area contributed by atoms with E-state index in [0.717, 1.165) is 18.0 Å². The molecule has 1 aromatic carbocycles. The number of fused-ring (bicyclic) bond motifs is 1. The summed E-state index contributed by atoms with van der Waals surface area (Å²) in [5.74, 6) is 1.09. The van der Waals surface area contributed by atoms with Crippen molar-refractivity contribution >= 4 is 11.6 Å². The van der Waals surface area contributed by atoms with Crippen molar-refractivity contribution in [1.82, 2.24) is 0 Å². The standard InChI is InChI=1S/C15H19NO/c1-9-6-10(2)14-12(7-9)13(15(17)16-14)8-11-4-3-5-11/h6-7,11,13H,3-5,8H2,1-2H3,(H,16,17). The number of carbonyl (C=O) groups is 1. The third kappa shape index (κ3) is 1.76. The zero-order valence-electron chi connectivity index (χ0n) is 10.5. The predicted octanol–water partition coefficient (Wildman–Crippen LogP) is 3.53. The van der Waals surface area contributed by atoms with Crippen LogP contribution in [-0.4, -0.2) is 5.91 Å². The van der Waals surface area contributed by atoms with Crippen molar-refractivity contribution in [1.29, 1.82) is 0 Å². The van der Waals surface area contributed by atoms with Gasteiger partial charge in [0.25, 0.3) is 0 Å². The molecule has 1 amide bonds. The first-order valence-corrected chi connectivity index (χ1v) is 6.57. The fourth-order valence-electron chi connectivity index (χ4n) is 3.09. The van der Waals surface area contributed by atoms with E-state index in [9.17, 15) is 4.79 Å². The van der Waals surface area contributed by atoms with Gasteiger partial charge in [0.15, 0.2) is 0 Å². The fourth-order valence-corrected chi connectivity index (χ4v) is 3.09. The summed E-state index contributed by atoms with van der Waals surface area (Å²) in [7, 11) is 0. The van der Waals surface area contributed by atoms with Crippen LogP contribution in [-0.2, 0) is 4.79 Å². The van der Waals surface area contributed by atoms with E-state index >= 15 is 0 Å². The molecule has 1 fully saturated rings. The molecule has 2 heteroatoms. The third-order valence-electron chi connectivity index (χ3n) is 4.24. The third-order valence-corrected chi connectivity index (χ3v) is 4.24. The molecule has 1 aliphatic carbocycles. The van der Waals surface area contributed by atoms with E-state index in [2.05, 4.69) is 31.3 Å². The van der Waals surface area contributed by atoms with Gasteiger partial charge in [-0.2, -0.15) is 0 Å². The molecule has 90 valence electrons. The second-order valence-corrected chi connectivity index (χ2v) is 5.62. The minimum Gasteiger partial charge on any atom is -0.325 e. The van der Waals surface area contributed by atoms with Crippen LogP contribution in [0.15, 0.2) is 12.1 Å². The van der Waals surface area contributed by atoms with Crippen LogP contribution in [0.5, 0.6) is 0 Å². The highest BCUT2D eigenvalue weighted by molar-refractivity contribution is 6.03. The van der Waals surface area contributed by atoms with Crippen LogP contribution in [0.4, 0.5) is 5.69 Å². The van der Waals surface area contributed by atoms with Crippen LogP contribution >= 0.6 is 0 Å². The average Bonchev–Trinajstić information content (AvgIpc) is 2.49. The normalized spacial score (nSPS) is 23.2. The maximum Gasteiger partial charge on any atom is 0.232 e. The zero-order valence-corrected chi connectivity index (χ0v) is 10.5.